The Labute approximate surface area is 154 Å². The largest absolute Gasteiger partial charge is 1.00 e. The van der Waals surface area contributed by atoms with Gasteiger partial charge in [-0.05, 0) is 11.6 Å². The van der Waals surface area contributed by atoms with Crippen LogP contribution in [0.15, 0.2) is 47.4 Å². The van der Waals surface area contributed by atoms with Crippen LogP contribution in [0, 0.1) is 0 Å². The third kappa shape index (κ3) is 5.09. The fourth-order valence-corrected chi connectivity index (χ4v) is 2.80. The van der Waals surface area contributed by atoms with Gasteiger partial charge in [-0.1, -0.05) is 66.5 Å². The fourth-order valence-electron chi connectivity index (χ4n) is 1.59. The van der Waals surface area contributed by atoms with Gasteiger partial charge in [-0.15, -0.1) is 0 Å². The minimum Gasteiger partial charge on any atom is -0.548 e. The van der Waals surface area contributed by atoms with Crippen molar-refractivity contribution in [1.29, 1.82) is 0 Å². The summed E-state index contributed by atoms with van der Waals surface area (Å²) in [5.41, 5.74) is 1.01. The Morgan fingerprint density at radius 2 is 2.00 bits per heavy atom. The Morgan fingerprint density at radius 1 is 1.33 bits per heavy atom. The van der Waals surface area contributed by atoms with E-state index < -0.39 is 18.4 Å². The molecule has 0 bridgehead atoms. The van der Waals surface area contributed by atoms with Gasteiger partial charge in [0.25, 0.3) is 5.91 Å². The number of aliphatic carboxylic acids is 1. The summed E-state index contributed by atoms with van der Waals surface area (Å²) in [6, 6.07) is 9.62. The predicted molar refractivity (Wildman–Crippen MR) is 80.5 cm³/mol. The summed E-state index contributed by atoms with van der Waals surface area (Å²) in [5, 5.41) is 10.5. The minimum atomic E-state index is -1.33. The van der Waals surface area contributed by atoms with E-state index in [4.69, 9.17) is 12.2 Å². The molecule has 0 spiro atoms. The Hall–Kier alpha value is -0.920. The number of benzene rings is 1. The summed E-state index contributed by atoms with van der Waals surface area (Å²) in [6.07, 6.45) is 5.22. The maximum atomic E-state index is 11.9. The first-order chi connectivity index (χ1) is 9.58. The van der Waals surface area contributed by atoms with Crippen LogP contribution in [0.2, 0.25) is 0 Å². The zero-order valence-corrected chi connectivity index (χ0v) is 14.9. The van der Waals surface area contributed by atoms with Crippen LogP contribution in [0.1, 0.15) is 5.56 Å². The van der Waals surface area contributed by atoms with E-state index in [1.165, 1.54) is 0 Å². The Bertz CT molecular complexity index is 614. The van der Waals surface area contributed by atoms with Crippen LogP contribution in [0.3, 0.4) is 0 Å². The summed E-state index contributed by atoms with van der Waals surface area (Å²) in [5.74, 6) is -1.73. The Morgan fingerprint density at radius 3 is 2.62 bits per heavy atom. The minimum absolute atomic E-state index is 0. The second kappa shape index (κ2) is 8.51. The van der Waals surface area contributed by atoms with E-state index in [1.54, 1.807) is 12.2 Å². The molecule has 1 amide bonds. The normalized spacial score (nSPS) is 16.6. The molecule has 0 aromatic heterocycles. The number of allylic oxidation sites excluding steroid dienone is 2. The molecular weight excluding hydrogens is 317 g/mol. The molecule has 7 heteroatoms. The van der Waals surface area contributed by atoms with Crippen molar-refractivity contribution in [2.45, 2.75) is 0 Å². The zero-order chi connectivity index (χ0) is 14.5. The molecule has 1 aliphatic heterocycles. The van der Waals surface area contributed by atoms with Crippen molar-refractivity contribution in [1.82, 2.24) is 4.90 Å². The SMILES string of the molecule is O=C([O-])CN1C(=O)C(=CC=Cc2ccccc2)SC1=S.[Na+]. The van der Waals surface area contributed by atoms with Gasteiger partial charge >= 0.3 is 29.6 Å². The summed E-state index contributed by atoms with van der Waals surface area (Å²) < 4.78 is 0.235. The topological polar surface area (TPSA) is 60.4 Å². The number of thiocarbonyl (C=S) groups is 1. The monoisotopic (exact) mass is 327 g/mol. The number of carboxylic acids is 1. The molecule has 1 aromatic carbocycles. The molecule has 1 saturated heterocycles. The molecular formula is C14H10NNaO3S2. The van der Waals surface area contributed by atoms with Crippen molar-refractivity contribution in [2.24, 2.45) is 0 Å². The number of nitrogens with zero attached hydrogens (tertiary/aromatic N) is 1. The molecule has 0 unspecified atom stereocenters. The van der Waals surface area contributed by atoms with Gasteiger partial charge in [0.05, 0.1) is 17.4 Å². The molecule has 1 aromatic rings. The molecule has 21 heavy (non-hydrogen) atoms. The number of hydrogen-bond acceptors (Lipinski definition) is 5. The first-order valence-corrected chi connectivity index (χ1v) is 6.97. The van der Waals surface area contributed by atoms with Crippen molar-refractivity contribution >= 4 is 46.3 Å². The van der Waals surface area contributed by atoms with E-state index in [0.29, 0.717) is 4.91 Å². The molecule has 0 aliphatic carbocycles. The molecule has 0 saturated carbocycles. The average molecular weight is 327 g/mol. The van der Waals surface area contributed by atoms with Crippen LogP contribution < -0.4 is 34.7 Å². The number of carbonyl (C=O) groups is 2. The van der Waals surface area contributed by atoms with Crippen molar-refractivity contribution in [3.63, 3.8) is 0 Å². The third-order valence-electron chi connectivity index (χ3n) is 2.50. The van der Waals surface area contributed by atoms with Gasteiger partial charge in [-0.25, -0.2) is 0 Å². The maximum Gasteiger partial charge on any atom is 1.00 e. The molecule has 0 atom stereocenters. The van der Waals surface area contributed by atoms with Crippen molar-refractivity contribution in [2.75, 3.05) is 6.54 Å². The van der Waals surface area contributed by atoms with Crippen LogP contribution in [-0.2, 0) is 9.59 Å². The van der Waals surface area contributed by atoms with Gasteiger partial charge in [-0.3, -0.25) is 9.69 Å². The number of carbonyl (C=O) groups excluding carboxylic acids is 2. The van der Waals surface area contributed by atoms with Gasteiger partial charge in [-0.2, -0.15) is 0 Å². The Kier molecular flexibility index (Phi) is 7.34. The molecule has 102 valence electrons. The quantitative estimate of drug-likeness (QED) is 0.371. The molecule has 1 fully saturated rings. The van der Waals surface area contributed by atoms with Gasteiger partial charge in [0.1, 0.15) is 4.32 Å². The molecule has 0 radical (unpaired) electrons. The second-order valence-corrected chi connectivity index (χ2v) is 5.61. The molecule has 1 heterocycles. The van der Waals surface area contributed by atoms with Gasteiger partial charge in [0.15, 0.2) is 0 Å². The molecule has 1 aliphatic rings. The number of thioether (sulfide) groups is 1. The number of carboxylic acid groups (broad SMARTS) is 1. The summed E-state index contributed by atoms with van der Waals surface area (Å²) in [4.78, 5) is 23.9. The van der Waals surface area contributed by atoms with E-state index in [-0.39, 0.29) is 33.9 Å². The van der Waals surface area contributed by atoms with Crippen LogP contribution in [-0.4, -0.2) is 27.6 Å². The molecule has 4 nitrogen and oxygen atoms in total. The van der Waals surface area contributed by atoms with Gasteiger partial charge in [0, 0.05) is 0 Å². The van der Waals surface area contributed by atoms with E-state index in [1.807, 2.05) is 36.4 Å². The van der Waals surface area contributed by atoms with E-state index in [2.05, 4.69) is 0 Å². The Balaban J connectivity index is 0.00000220. The number of hydrogen-bond donors (Lipinski definition) is 0. The maximum absolute atomic E-state index is 11.9. The smallest absolute Gasteiger partial charge is 0.548 e. The van der Waals surface area contributed by atoms with Crippen LogP contribution in [0.4, 0.5) is 0 Å². The fraction of sp³-hybridized carbons (Fsp3) is 0.0714. The summed E-state index contributed by atoms with van der Waals surface area (Å²) in [7, 11) is 0. The summed E-state index contributed by atoms with van der Waals surface area (Å²) in [6.45, 7) is -0.510. The molecule has 2 rings (SSSR count). The second-order valence-electron chi connectivity index (χ2n) is 3.93. The van der Waals surface area contributed by atoms with Gasteiger partial charge < -0.3 is 9.90 Å². The van der Waals surface area contributed by atoms with E-state index >= 15 is 0 Å². The van der Waals surface area contributed by atoms with Crippen molar-refractivity contribution in [3.05, 3.63) is 53.0 Å². The summed E-state index contributed by atoms with van der Waals surface area (Å²) >= 11 is 6.05. The predicted octanol–water partition coefficient (Wildman–Crippen LogP) is -1.80. The zero-order valence-electron chi connectivity index (χ0n) is 11.3. The van der Waals surface area contributed by atoms with Crippen LogP contribution in [0.25, 0.3) is 6.08 Å². The van der Waals surface area contributed by atoms with Crippen molar-refractivity contribution in [3.8, 4) is 0 Å². The number of amides is 1. The van der Waals surface area contributed by atoms with Crippen molar-refractivity contribution < 1.29 is 44.3 Å². The third-order valence-corrected chi connectivity index (χ3v) is 3.89. The number of rotatable bonds is 4. The van der Waals surface area contributed by atoms with E-state index in [9.17, 15) is 14.7 Å². The first kappa shape index (κ1) is 18.1. The van der Waals surface area contributed by atoms with Gasteiger partial charge in [0.2, 0.25) is 0 Å². The standard InChI is InChI=1S/C14H11NO3S2.Na/c16-12(17)9-15-13(18)11(20-14(15)19)8-4-7-10-5-2-1-3-6-10;/h1-8H,9H2,(H,16,17);/q;+1/p-1. The molecule has 0 N–H and O–H groups in total. The van der Waals surface area contributed by atoms with E-state index in [0.717, 1.165) is 22.2 Å². The van der Waals surface area contributed by atoms with Crippen LogP contribution in [0.5, 0.6) is 0 Å². The average Bonchev–Trinajstić information content (AvgIpc) is 2.67. The first-order valence-electron chi connectivity index (χ1n) is 5.75. The van der Waals surface area contributed by atoms with Crippen LogP contribution >= 0.6 is 24.0 Å².